The summed E-state index contributed by atoms with van der Waals surface area (Å²) in [5, 5.41) is 0. The average molecular weight is 914 g/mol. The first kappa shape index (κ1) is 62.6. The Hall–Kier alpha value is -2.37. The van der Waals surface area contributed by atoms with Crippen molar-refractivity contribution in [1.82, 2.24) is 0 Å². The number of hydrogen-bond acceptors (Lipinski definition) is 6. The molecule has 0 heterocycles. The standard InChI is InChI=1S/C59H108O6/c1-4-7-10-13-16-19-22-25-28-29-30-32-34-37-40-43-46-49-52-58(61)64-55-56(54-63-57(60)51-48-45-42-39-36-33-27-24-21-18-15-12-9-6-3)65-59(62)53-50-47-44-41-38-35-31-26-23-20-17-14-11-8-5-2/h8,11,17,20,26,31,56H,4-7,9-10,12-16,18-19,21-25,27-30,32-55H2,1-3H3/b11-8-,20-17-,31-26-. The van der Waals surface area contributed by atoms with E-state index < -0.39 is 6.10 Å². The Balaban J connectivity index is 4.34. The molecular formula is C59H108O6. The third kappa shape index (κ3) is 52.5. The van der Waals surface area contributed by atoms with Crippen LogP contribution in [0.1, 0.15) is 303 Å². The molecule has 0 radical (unpaired) electrons. The Kier molecular flexibility index (Phi) is 52.3. The van der Waals surface area contributed by atoms with E-state index in [0.29, 0.717) is 19.3 Å². The van der Waals surface area contributed by atoms with Crippen LogP contribution in [0.15, 0.2) is 36.5 Å². The highest BCUT2D eigenvalue weighted by Gasteiger charge is 2.19. The lowest BCUT2D eigenvalue weighted by Gasteiger charge is -2.18. The van der Waals surface area contributed by atoms with Crippen LogP contribution in [0, 0.1) is 0 Å². The van der Waals surface area contributed by atoms with Crippen LogP contribution in [0.2, 0.25) is 0 Å². The molecule has 1 unspecified atom stereocenters. The van der Waals surface area contributed by atoms with Crippen LogP contribution in [0.25, 0.3) is 0 Å². The van der Waals surface area contributed by atoms with Crippen LogP contribution >= 0.6 is 0 Å². The molecule has 0 aromatic rings. The molecule has 0 spiro atoms. The predicted molar refractivity (Wildman–Crippen MR) is 279 cm³/mol. The Morgan fingerprint density at radius 1 is 0.323 bits per heavy atom. The Bertz CT molecular complexity index is 1090. The highest BCUT2D eigenvalue weighted by molar-refractivity contribution is 5.71. The SMILES string of the molecule is CC/C=C\C/C=C\C/C=C\CCCCCCCC(=O)OC(COC(=O)CCCCCCCCCCCCCCCC)COC(=O)CCCCCCCCCCCCCCCCCCCC. The number of carbonyl (C=O) groups excluding carboxylic acids is 3. The summed E-state index contributed by atoms with van der Waals surface area (Å²) < 4.78 is 16.9. The lowest BCUT2D eigenvalue weighted by molar-refractivity contribution is -0.167. The fraction of sp³-hybridized carbons (Fsp3) is 0.847. The summed E-state index contributed by atoms with van der Waals surface area (Å²) in [4.78, 5) is 38.1. The van der Waals surface area contributed by atoms with Crippen molar-refractivity contribution in [3.05, 3.63) is 36.5 Å². The maximum Gasteiger partial charge on any atom is 0.306 e. The van der Waals surface area contributed by atoms with E-state index in [1.54, 1.807) is 0 Å². The lowest BCUT2D eigenvalue weighted by atomic mass is 10.0. The first-order valence-electron chi connectivity index (χ1n) is 28.5. The van der Waals surface area contributed by atoms with E-state index in [9.17, 15) is 14.4 Å². The zero-order valence-corrected chi connectivity index (χ0v) is 43.5. The zero-order chi connectivity index (χ0) is 47.2. The molecular weight excluding hydrogens is 805 g/mol. The summed E-state index contributed by atoms with van der Waals surface area (Å²) in [7, 11) is 0. The van der Waals surface area contributed by atoms with Crippen molar-refractivity contribution in [2.45, 2.75) is 309 Å². The summed E-state index contributed by atoms with van der Waals surface area (Å²) >= 11 is 0. The van der Waals surface area contributed by atoms with Crippen molar-refractivity contribution in [1.29, 1.82) is 0 Å². The molecule has 0 N–H and O–H groups in total. The quantitative estimate of drug-likeness (QED) is 0.0262. The van der Waals surface area contributed by atoms with Gasteiger partial charge in [-0.05, 0) is 51.4 Å². The molecule has 0 aliphatic heterocycles. The largest absolute Gasteiger partial charge is 0.462 e. The summed E-state index contributed by atoms with van der Waals surface area (Å²) in [6.07, 6.45) is 64.2. The fourth-order valence-corrected chi connectivity index (χ4v) is 8.40. The first-order valence-corrected chi connectivity index (χ1v) is 28.5. The van der Waals surface area contributed by atoms with Gasteiger partial charge in [0, 0.05) is 19.3 Å². The van der Waals surface area contributed by atoms with Gasteiger partial charge in [0.05, 0.1) is 0 Å². The molecule has 0 aromatic heterocycles. The van der Waals surface area contributed by atoms with E-state index in [1.165, 1.54) is 167 Å². The van der Waals surface area contributed by atoms with Crippen molar-refractivity contribution in [3.63, 3.8) is 0 Å². The lowest BCUT2D eigenvalue weighted by Crippen LogP contribution is -2.30. The van der Waals surface area contributed by atoms with E-state index in [0.717, 1.165) is 96.3 Å². The minimum atomic E-state index is -0.776. The second kappa shape index (κ2) is 54.2. The average Bonchev–Trinajstić information content (AvgIpc) is 3.30. The second-order valence-corrected chi connectivity index (χ2v) is 19.2. The van der Waals surface area contributed by atoms with Crippen LogP contribution in [0.4, 0.5) is 0 Å². The van der Waals surface area contributed by atoms with Crippen LogP contribution in [0.3, 0.4) is 0 Å². The first-order chi connectivity index (χ1) is 32.0. The van der Waals surface area contributed by atoms with E-state index in [-0.39, 0.29) is 31.1 Å². The number of hydrogen-bond donors (Lipinski definition) is 0. The van der Waals surface area contributed by atoms with E-state index >= 15 is 0 Å². The molecule has 0 amide bonds. The van der Waals surface area contributed by atoms with Crippen molar-refractivity contribution >= 4 is 17.9 Å². The smallest absolute Gasteiger partial charge is 0.306 e. The van der Waals surface area contributed by atoms with Gasteiger partial charge in [-0.2, -0.15) is 0 Å². The molecule has 0 aromatic carbocycles. The van der Waals surface area contributed by atoms with Crippen LogP contribution in [-0.2, 0) is 28.6 Å². The van der Waals surface area contributed by atoms with Crippen molar-refractivity contribution in [2.75, 3.05) is 13.2 Å². The minimum Gasteiger partial charge on any atom is -0.462 e. The highest BCUT2D eigenvalue weighted by Crippen LogP contribution is 2.17. The third-order valence-corrected chi connectivity index (χ3v) is 12.7. The van der Waals surface area contributed by atoms with Crippen molar-refractivity contribution in [3.8, 4) is 0 Å². The fourth-order valence-electron chi connectivity index (χ4n) is 8.40. The normalized spacial score (nSPS) is 12.2. The van der Waals surface area contributed by atoms with Gasteiger partial charge in [0.25, 0.3) is 0 Å². The molecule has 0 aliphatic rings. The molecule has 65 heavy (non-hydrogen) atoms. The molecule has 0 bridgehead atoms. The van der Waals surface area contributed by atoms with Gasteiger partial charge in [0.2, 0.25) is 0 Å². The topological polar surface area (TPSA) is 78.9 Å². The van der Waals surface area contributed by atoms with Gasteiger partial charge < -0.3 is 14.2 Å². The van der Waals surface area contributed by atoms with Gasteiger partial charge in [-0.1, -0.05) is 269 Å². The number of unbranched alkanes of at least 4 members (excludes halogenated alkanes) is 35. The number of rotatable bonds is 52. The highest BCUT2D eigenvalue weighted by atomic mass is 16.6. The summed E-state index contributed by atoms with van der Waals surface area (Å²) in [6, 6.07) is 0. The summed E-state index contributed by atoms with van der Waals surface area (Å²) in [6.45, 7) is 6.56. The van der Waals surface area contributed by atoms with Crippen molar-refractivity contribution in [2.24, 2.45) is 0 Å². The molecule has 1 atom stereocenters. The zero-order valence-electron chi connectivity index (χ0n) is 43.5. The van der Waals surface area contributed by atoms with Gasteiger partial charge in [0.1, 0.15) is 13.2 Å². The maximum absolute atomic E-state index is 12.8. The summed E-state index contributed by atoms with van der Waals surface area (Å²) in [5.41, 5.74) is 0. The van der Waals surface area contributed by atoms with Gasteiger partial charge in [0.15, 0.2) is 6.10 Å². The molecule has 380 valence electrons. The molecule has 0 saturated carbocycles. The monoisotopic (exact) mass is 913 g/mol. The number of ether oxygens (including phenoxy) is 3. The van der Waals surface area contributed by atoms with Crippen LogP contribution < -0.4 is 0 Å². The Labute approximate surface area is 404 Å². The van der Waals surface area contributed by atoms with Gasteiger partial charge in [-0.25, -0.2) is 0 Å². The maximum atomic E-state index is 12.8. The Morgan fingerprint density at radius 2 is 0.600 bits per heavy atom. The van der Waals surface area contributed by atoms with Crippen LogP contribution in [-0.4, -0.2) is 37.2 Å². The van der Waals surface area contributed by atoms with E-state index in [2.05, 4.69) is 57.2 Å². The van der Waals surface area contributed by atoms with Gasteiger partial charge >= 0.3 is 17.9 Å². The molecule has 0 saturated heterocycles. The Morgan fingerprint density at radius 3 is 0.938 bits per heavy atom. The molecule has 0 rings (SSSR count). The molecule has 6 nitrogen and oxygen atoms in total. The van der Waals surface area contributed by atoms with Gasteiger partial charge in [-0.3, -0.25) is 14.4 Å². The number of esters is 3. The summed E-state index contributed by atoms with van der Waals surface area (Å²) in [5.74, 6) is -0.873. The van der Waals surface area contributed by atoms with E-state index in [1.807, 2.05) is 0 Å². The second-order valence-electron chi connectivity index (χ2n) is 19.2. The number of carbonyl (C=O) groups is 3. The molecule has 0 aliphatic carbocycles. The van der Waals surface area contributed by atoms with Crippen molar-refractivity contribution < 1.29 is 28.6 Å². The molecule has 6 heteroatoms. The number of allylic oxidation sites excluding steroid dienone is 6. The van der Waals surface area contributed by atoms with Crippen LogP contribution in [0.5, 0.6) is 0 Å². The van der Waals surface area contributed by atoms with E-state index in [4.69, 9.17) is 14.2 Å². The minimum absolute atomic E-state index is 0.0744. The predicted octanol–water partition coefficient (Wildman–Crippen LogP) is 18.9. The third-order valence-electron chi connectivity index (χ3n) is 12.7. The molecule has 0 fully saturated rings. The van der Waals surface area contributed by atoms with Gasteiger partial charge in [-0.15, -0.1) is 0 Å².